The van der Waals surface area contributed by atoms with E-state index in [2.05, 4.69) is 18.4 Å². The maximum atomic E-state index is 11.8. The van der Waals surface area contributed by atoms with E-state index >= 15 is 0 Å². The zero-order chi connectivity index (χ0) is 15.2. The van der Waals surface area contributed by atoms with E-state index in [4.69, 9.17) is 5.73 Å². The van der Waals surface area contributed by atoms with Crippen molar-refractivity contribution in [2.45, 2.75) is 39.2 Å². The highest BCUT2D eigenvalue weighted by Crippen LogP contribution is 2.33. The fourth-order valence-electron chi connectivity index (χ4n) is 2.50. The lowest BCUT2D eigenvalue weighted by molar-refractivity contribution is -0.116. The fraction of sp³-hybridized carbons (Fsp3) is 0.353. The first-order chi connectivity index (χ1) is 10.2. The van der Waals surface area contributed by atoms with Gasteiger partial charge in [0.1, 0.15) is 0 Å². The highest BCUT2D eigenvalue weighted by Gasteiger charge is 2.21. The number of rotatable bonds is 5. The number of nitrogens with one attached hydrogen (secondary N) is 1. The summed E-state index contributed by atoms with van der Waals surface area (Å²) in [6.45, 7) is 3.99. The molecule has 1 amide bonds. The number of fused-ring (bicyclic) bond motifs is 1. The number of allylic oxidation sites excluding steroid dienone is 1. The molecule has 0 bridgehead atoms. The third kappa shape index (κ3) is 3.52. The van der Waals surface area contributed by atoms with Crippen molar-refractivity contribution in [2.24, 2.45) is 5.73 Å². The van der Waals surface area contributed by atoms with Crippen LogP contribution in [0.2, 0.25) is 0 Å². The van der Waals surface area contributed by atoms with Gasteiger partial charge in [0, 0.05) is 12.3 Å². The average molecular weight is 285 g/mol. The highest BCUT2D eigenvalue weighted by atomic mass is 16.2. The summed E-state index contributed by atoms with van der Waals surface area (Å²) in [5.74, 6) is -0.145. The molecule has 1 heterocycles. The lowest BCUT2D eigenvalue weighted by atomic mass is 9.96. The van der Waals surface area contributed by atoms with E-state index in [1.165, 1.54) is 11.6 Å². The van der Waals surface area contributed by atoms with Crippen LogP contribution < -0.4 is 16.2 Å². The second kappa shape index (κ2) is 7.09. The molecule has 1 atom stereocenters. The summed E-state index contributed by atoms with van der Waals surface area (Å²) in [5, 5.41) is 1.78. The van der Waals surface area contributed by atoms with Gasteiger partial charge < -0.3 is 5.73 Å². The van der Waals surface area contributed by atoms with Gasteiger partial charge in [-0.15, -0.1) is 0 Å². The van der Waals surface area contributed by atoms with Crippen LogP contribution in [0.1, 0.15) is 43.9 Å². The van der Waals surface area contributed by atoms with Crippen molar-refractivity contribution in [1.82, 2.24) is 5.43 Å². The van der Waals surface area contributed by atoms with Crippen molar-refractivity contribution >= 4 is 11.6 Å². The van der Waals surface area contributed by atoms with Crippen LogP contribution in [0.4, 0.5) is 5.69 Å². The van der Waals surface area contributed by atoms with Gasteiger partial charge >= 0.3 is 0 Å². The van der Waals surface area contributed by atoms with Crippen molar-refractivity contribution in [3.8, 4) is 0 Å². The number of hydrogen-bond acceptors (Lipinski definition) is 3. The summed E-state index contributed by atoms with van der Waals surface area (Å²) >= 11 is 0. The zero-order valence-corrected chi connectivity index (χ0v) is 12.7. The maximum absolute atomic E-state index is 11.8. The number of aryl methyl sites for hydroxylation is 1. The van der Waals surface area contributed by atoms with Crippen LogP contribution in [0, 0.1) is 0 Å². The molecule has 0 saturated heterocycles. The van der Waals surface area contributed by atoms with Gasteiger partial charge in [0.2, 0.25) is 0 Å². The molecule has 0 aliphatic carbocycles. The quantitative estimate of drug-likeness (QED) is 0.818. The van der Waals surface area contributed by atoms with Gasteiger partial charge in [-0.05, 0) is 37.0 Å². The van der Waals surface area contributed by atoms with Crippen molar-refractivity contribution in [3.63, 3.8) is 0 Å². The highest BCUT2D eigenvalue weighted by molar-refractivity contribution is 5.89. The third-order valence-electron chi connectivity index (χ3n) is 3.54. The minimum Gasteiger partial charge on any atom is -0.321 e. The van der Waals surface area contributed by atoms with E-state index in [-0.39, 0.29) is 11.9 Å². The number of nitrogens with zero attached hydrogens (tertiary/aromatic N) is 1. The Kier molecular flexibility index (Phi) is 5.17. The number of hydrogen-bond donors (Lipinski definition) is 2. The molecule has 1 aliphatic rings. The largest absolute Gasteiger partial charge is 0.321 e. The molecule has 1 aliphatic heterocycles. The lowest BCUT2D eigenvalue weighted by Gasteiger charge is -2.31. The van der Waals surface area contributed by atoms with Crippen molar-refractivity contribution in [2.75, 3.05) is 5.01 Å². The van der Waals surface area contributed by atoms with Crippen LogP contribution in [0.25, 0.3) is 0 Å². The van der Waals surface area contributed by atoms with Crippen LogP contribution in [0.3, 0.4) is 0 Å². The van der Waals surface area contributed by atoms with E-state index in [0.717, 1.165) is 30.5 Å². The molecule has 0 aromatic heterocycles. The van der Waals surface area contributed by atoms with E-state index in [0.29, 0.717) is 0 Å². The minimum absolute atomic E-state index is 0.128. The molecule has 1 aromatic rings. The number of unbranched alkanes of at least 4 members (excludes halogenated alkanes) is 1. The van der Waals surface area contributed by atoms with Gasteiger partial charge in [-0.2, -0.15) is 0 Å². The topological polar surface area (TPSA) is 58.4 Å². The first-order valence-corrected chi connectivity index (χ1v) is 7.45. The first kappa shape index (κ1) is 15.3. The molecule has 1 unspecified atom stereocenters. The molecule has 4 nitrogen and oxygen atoms in total. The Morgan fingerprint density at radius 3 is 3.00 bits per heavy atom. The van der Waals surface area contributed by atoms with Crippen LogP contribution >= 0.6 is 0 Å². The zero-order valence-electron chi connectivity index (χ0n) is 12.7. The number of para-hydroxylation sites is 1. The van der Waals surface area contributed by atoms with E-state index < -0.39 is 0 Å². The Labute approximate surface area is 126 Å². The summed E-state index contributed by atoms with van der Waals surface area (Å²) in [6, 6.07) is 6.04. The number of carbonyl (C=O) groups excluding carboxylic acids is 1. The molecular formula is C17H23N3O. The Morgan fingerprint density at radius 1 is 1.48 bits per heavy atom. The molecule has 0 saturated carbocycles. The minimum atomic E-state index is -0.145. The Bertz CT molecular complexity index is 563. The predicted octanol–water partition coefficient (Wildman–Crippen LogP) is 2.97. The van der Waals surface area contributed by atoms with Gasteiger partial charge in [-0.3, -0.25) is 15.2 Å². The maximum Gasteiger partial charge on any atom is 0.262 e. The summed E-state index contributed by atoms with van der Waals surface area (Å²) < 4.78 is 0. The van der Waals surface area contributed by atoms with Crippen molar-refractivity contribution in [3.05, 3.63) is 53.8 Å². The molecule has 0 spiro atoms. The van der Waals surface area contributed by atoms with E-state index in [9.17, 15) is 4.79 Å². The normalized spacial score (nSPS) is 17.1. The van der Waals surface area contributed by atoms with Gasteiger partial charge in [-0.25, -0.2) is 0 Å². The van der Waals surface area contributed by atoms with Crippen LogP contribution in [0.15, 0.2) is 42.6 Å². The number of amides is 1. The molecule has 0 radical (unpaired) electrons. The first-order valence-electron chi connectivity index (χ1n) is 7.45. The molecule has 2 rings (SSSR count). The molecule has 112 valence electrons. The van der Waals surface area contributed by atoms with Crippen molar-refractivity contribution < 1.29 is 4.79 Å². The van der Waals surface area contributed by atoms with Gasteiger partial charge in [0.25, 0.3) is 5.91 Å². The monoisotopic (exact) mass is 285 g/mol. The Balaban J connectivity index is 2.34. The standard InChI is InChI=1S/C17H23N3O/c1-3-5-8-13-9-6-10-14-15(18)11-12-20(17(13)14)19-16(21)7-4-2/h4,6-7,9-12,15H,3,5,8,18H2,1-2H3,(H,19,21). The number of nitrogens with two attached hydrogens (primary N) is 1. The predicted molar refractivity (Wildman–Crippen MR) is 86.6 cm³/mol. The third-order valence-corrected chi connectivity index (χ3v) is 3.54. The van der Waals surface area contributed by atoms with Crippen LogP contribution in [-0.4, -0.2) is 5.91 Å². The fourth-order valence-corrected chi connectivity index (χ4v) is 2.50. The van der Waals surface area contributed by atoms with E-state index in [1.807, 2.05) is 31.3 Å². The van der Waals surface area contributed by atoms with Crippen molar-refractivity contribution in [1.29, 1.82) is 0 Å². The number of benzene rings is 1. The summed E-state index contributed by atoms with van der Waals surface area (Å²) in [4.78, 5) is 11.8. The van der Waals surface area contributed by atoms with Gasteiger partial charge in [-0.1, -0.05) is 37.6 Å². The summed E-state index contributed by atoms with van der Waals surface area (Å²) in [7, 11) is 0. The Hall–Kier alpha value is -2.07. The second-order valence-electron chi connectivity index (χ2n) is 5.17. The number of hydrazine groups is 1. The smallest absolute Gasteiger partial charge is 0.262 e. The lowest BCUT2D eigenvalue weighted by Crippen LogP contribution is -2.40. The number of carbonyl (C=O) groups is 1. The summed E-state index contributed by atoms with van der Waals surface area (Å²) in [6.07, 6.45) is 10.2. The second-order valence-corrected chi connectivity index (χ2v) is 5.17. The summed E-state index contributed by atoms with van der Waals surface area (Å²) in [5.41, 5.74) is 12.3. The molecule has 3 N–H and O–H groups in total. The average Bonchev–Trinajstić information content (AvgIpc) is 2.48. The Morgan fingerprint density at radius 2 is 2.29 bits per heavy atom. The SMILES string of the molecule is CC=CC(=O)NN1C=CC(N)c2cccc(CCCC)c21. The number of anilines is 1. The molecular weight excluding hydrogens is 262 g/mol. The van der Waals surface area contributed by atoms with Gasteiger partial charge in [0.05, 0.1) is 11.7 Å². The van der Waals surface area contributed by atoms with Crippen LogP contribution in [-0.2, 0) is 11.2 Å². The molecule has 4 heteroatoms. The molecule has 0 fully saturated rings. The molecule has 1 aromatic carbocycles. The van der Waals surface area contributed by atoms with Crippen LogP contribution in [0.5, 0.6) is 0 Å². The van der Waals surface area contributed by atoms with Gasteiger partial charge in [0.15, 0.2) is 0 Å². The molecule has 21 heavy (non-hydrogen) atoms. The van der Waals surface area contributed by atoms with E-state index in [1.54, 1.807) is 11.1 Å².